The van der Waals surface area contributed by atoms with Crippen molar-refractivity contribution in [3.05, 3.63) is 72.0 Å². The Hall–Kier alpha value is -3.25. The number of pyridine rings is 1. The molecule has 7 heteroatoms. The highest BCUT2D eigenvalue weighted by Gasteiger charge is 2.05. The van der Waals surface area contributed by atoms with E-state index in [4.69, 9.17) is 11.6 Å². The molecule has 0 spiro atoms. The molecule has 0 atom stereocenters. The fourth-order valence-electron chi connectivity index (χ4n) is 2.42. The maximum Gasteiger partial charge on any atom is 0.249 e. The number of nitrogens with zero attached hydrogens (tertiary/aromatic N) is 4. The minimum Gasteiger partial charge on any atom is -0.337 e. The van der Waals surface area contributed by atoms with Crippen molar-refractivity contribution in [1.29, 1.82) is 0 Å². The van der Waals surface area contributed by atoms with E-state index in [-0.39, 0.29) is 0 Å². The molecule has 0 saturated carbocycles. The van der Waals surface area contributed by atoms with E-state index in [1.165, 1.54) is 0 Å². The molecule has 0 aliphatic rings. The Morgan fingerprint density at radius 2 is 1.72 bits per heavy atom. The fraction of sp³-hybridized carbons (Fsp3) is 0. The van der Waals surface area contributed by atoms with Gasteiger partial charge in [-0.25, -0.2) is 0 Å². The SMILES string of the molecule is Clc1ccc(Nc2nncc(Nc3cccc4cccnc34)n2)cc1. The third kappa shape index (κ3) is 3.49. The number of halogens is 1. The molecular formula is C18H13ClN6. The van der Waals surface area contributed by atoms with Crippen molar-refractivity contribution in [3.8, 4) is 0 Å². The molecule has 4 rings (SSSR count). The summed E-state index contributed by atoms with van der Waals surface area (Å²) in [5.41, 5.74) is 2.56. The molecule has 0 unspecified atom stereocenters. The molecule has 0 radical (unpaired) electrons. The van der Waals surface area contributed by atoms with Gasteiger partial charge in [-0.3, -0.25) is 4.98 Å². The van der Waals surface area contributed by atoms with E-state index >= 15 is 0 Å². The predicted molar refractivity (Wildman–Crippen MR) is 99.6 cm³/mol. The van der Waals surface area contributed by atoms with Gasteiger partial charge < -0.3 is 10.6 Å². The van der Waals surface area contributed by atoms with Gasteiger partial charge >= 0.3 is 0 Å². The zero-order valence-electron chi connectivity index (χ0n) is 13.0. The maximum absolute atomic E-state index is 5.89. The van der Waals surface area contributed by atoms with Crippen LogP contribution >= 0.6 is 11.6 Å². The van der Waals surface area contributed by atoms with Crippen molar-refractivity contribution in [2.24, 2.45) is 0 Å². The zero-order valence-corrected chi connectivity index (χ0v) is 13.8. The van der Waals surface area contributed by atoms with Crippen LogP contribution in [0.5, 0.6) is 0 Å². The van der Waals surface area contributed by atoms with Crippen LogP contribution in [0.15, 0.2) is 67.0 Å². The van der Waals surface area contributed by atoms with Crippen LogP contribution in [0.25, 0.3) is 10.9 Å². The van der Waals surface area contributed by atoms with E-state index < -0.39 is 0 Å². The zero-order chi connectivity index (χ0) is 17.1. The second-order valence-corrected chi connectivity index (χ2v) is 5.74. The van der Waals surface area contributed by atoms with Gasteiger partial charge in [0.2, 0.25) is 5.95 Å². The Morgan fingerprint density at radius 1 is 0.880 bits per heavy atom. The van der Waals surface area contributed by atoms with Crippen LogP contribution in [0.1, 0.15) is 0 Å². The van der Waals surface area contributed by atoms with Crippen molar-refractivity contribution in [1.82, 2.24) is 20.2 Å². The highest BCUT2D eigenvalue weighted by molar-refractivity contribution is 6.30. The third-order valence-corrected chi connectivity index (χ3v) is 3.81. The number of anilines is 4. The molecule has 4 aromatic rings. The number of para-hydroxylation sites is 1. The second-order valence-electron chi connectivity index (χ2n) is 5.30. The van der Waals surface area contributed by atoms with Gasteiger partial charge in [-0.05, 0) is 36.4 Å². The molecule has 2 heterocycles. The van der Waals surface area contributed by atoms with Crippen LogP contribution in [0.4, 0.5) is 23.1 Å². The molecular weight excluding hydrogens is 336 g/mol. The first kappa shape index (κ1) is 15.3. The maximum atomic E-state index is 5.89. The molecule has 6 nitrogen and oxygen atoms in total. The lowest BCUT2D eigenvalue weighted by Gasteiger charge is -2.09. The van der Waals surface area contributed by atoms with Crippen LogP contribution in [0.2, 0.25) is 5.02 Å². The molecule has 0 aliphatic heterocycles. The summed E-state index contributed by atoms with van der Waals surface area (Å²) in [7, 11) is 0. The highest BCUT2D eigenvalue weighted by atomic mass is 35.5. The van der Waals surface area contributed by atoms with Gasteiger partial charge in [0.25, 0.3) is 0 Å². The third-order valence-electron chi connectivity index (χ3n) is 3.55. The van der Waals surface area contributed by atoms with Crippen molar-refractivity contribution < 1.29 is 0 Å². The standard InChI is InChI=1S/C18H13ClN6/c19-13-6-8-14(9-7-13)22-18-24-16(11-21-25-18)23-15-5-1-3-12-4-2-10-20-17(12)15/h1-11H,(H2,22,23,24,25). The van der Waals surface area contributed by atoms with Crippen LogP contribution in [-0.4, -0.2) is 20.2 Å². The smallest absolute Gasteiger partial charge is 0.249 e. The normalized spacial score (nSPS) is 10.6. The number of fused-ring (bicyclic) bond motifs is 1. The molecule has 0 amide bonds. The van der Waals surface area contributed by atoms with Gasteiger partial charge in [-0.1, -0.05) is 29.8 Å². The Morgan fingerprint density at radius 3 is 2.60 bits per heavy atom. The highest BCUT2D eigenvalue weighted by Crippen LogP contribution is 2.24. The molecule has 122 valence electrons. The molecule has 2 aromatic carbocycles. The topological polar surface area (TPSA) is 75.6 Å². The first-order chi connectivity index (χ1) is 12.3. The van der Waals surface area contributed by atoms with E-state index in [2.05, 4.69) is 30.8 Å². The Balaban J connectivity index is 1.60. The summed E-state index contributed by atoms with van der Waals surface area (Å²) in [6.45, 7) is 0. The molecule has 25 heavy (non-hydrogen) atoms. The van der Waals surface area contributed by atoms with Crippen molar-refractivity contribution in [2.45, 2.75) is 0 Å². The van der Waals surface area contributed by atoms with Crippen LogP contribution in [0, 0.1) is 0 Å². The number of nitrogens with one attached hydrogen (secondary N) is 2. The Kier molecular flexibility index (Phi) is 4.10. The number of hydrogen-bond acceptors (Lipinski definition) is 6. The predicted octanol–water partition coefficient (Wildman–Crippen LogP) is 4.56. The first-order valence-electron chi connectivity index (χ1n) is 7.61. The van der Waals surface area contributed by atoms with Crippen LogP contribution in [-0.2, 0) is 0 Å². The van der Waals surface area contributed by atoms with Gasteiger partial charge in [-0.2, -0.15) is 10.1 Å². The molecule has 0 fully saturated rings. The molecule has 0 saturated heterocycles. The first-order valence-corrected chi connectivity index (χ1v) is 7.99. The second kappa shape index (κ2) is 6.70. The van der Waals surface area contributed by atoms with E-state index in [0.29, 0.717) is 16.8 Å². The van der Waals surface area contributed by atoms with Gasteiger partial charge in [-0.15, -0.1) is 5.10 Å². The number of benzene rings is 2. The quantitative estimate of drug-likeness (QED) is 0.563. The largest absolute Gasteiger partial charge is 0.337 e. The van der Waals surface area contributed by atoms with E-state index in [1.54, 1.807) is 24.5 Å². The number of rotatable bonds is 4. The summed E-state index contributed by atoms with van der Waals surface area (Å²) < 4.78 is 0. The Labute approximate surface area is 148 Å². The van der Waals surface area contributed by atoms with Crippen LogP contribution in [0.3, 0.4) is 0 Å². The fourth-order valence-corrected chi connectivity index (χ4v) is 2.55. The van der Waals surface area contributed by atoms with Gasteiger partial charge in [0, 0.05) is 22.3 Å². The molecule has 2 N–H and O–H groups in total. The summed E-state index contributed by atoms with van der Waals surface area (Å²) in [6, 6.07) is 17.1. The van der Waals surface area contributed by atoms with E-state index in [0.717, 1.165) is 22.3 Å². The van der Waals surface area contributed by atoms with Gasteiger partial charge in [0.1, 0.15) is 0 Å². The minimum atomic E-state index is 0.389. The lowest BCUT2D eigenvalue weighted by atomic mass is 10.2. The van der Waals surface area contributed by atoms with E-state index in [1.807, 2.05) is 42.5 Å². The van der Waals surface area contributed by atoms with Gasteiger partial charge in [0.05, 0.1) is 17.4 Å². The summed E-state index contributed by atoms with van der Waals surface area (Å²) in [5.74, 6) is 0.963. The molecule has 2 aromatic heterocycles. The van der Waals surface area contributed by atoms with Crippen molar-refractivity contribution in [2.75, 3.05) is 10.6 Å². The summed E-state index contributed by atoms with van der Waals surface area (Å²) in [5, 5.41) is 16.1. The van der Waals surface area contributed by atoms with E-state index in [9.17, 15) is 0 Å². The minimum absolute atomic E-state index is 0.389. The number of hydrogen-bond donors (Lipinski definition) is 2. The van der Waals surface area contributed by atoms with Crippen molar-refractivity contribution in [3.63, 3.8) is 0 Å². The summed E-state index contributed by atoms with van der Waals surface area (Å²) in [6.07, 6.45) is 3.33. The van der Waals surface area contributed by atoms with Crippen LogP contribution < -0.4 is 10.6 Å². The van der Waals surface area contributed by atoms with Gasteiger partial charge in [0.15, 0.2) is 5.82 Å². The average molecular weight is 349 g/mol. The summed E-state index contributed by atoms with van der Waals surface area (Å²) >= 11 is 5.89. The molecule has 0 bridgehead atoms. The Bertz CT molecular complexity index is 1010. The monoisotopic (exact) mass is 348 g/mol. The average Bonchev–Trinajstić information content (AvgIpc) is 2.64. The number of aromatic nitrogens is 4. The van der Waals surface area contributed by atoms with Crippen molar-refractivity contribution >= 4 is 45.6 Å². The lowest BCUT2D eigenvalue weighted by Crippen LogP contribution is -2.02. The molecule has 0 aliphatic carbocycles. The summed E-state index contributed by atoms with van der Waals surface area (Å²) in [4.78, 5) is 8.86. The lowest BCUT2D eigenvalue weighted by molar-refractivity contribution is 0.982.